The summed E-state index contributed by atoms with van der Waals surface area (Å²) >= 11 is 0. The largest absolute Gasteiger partial charge is 0.480 e. The first-order chi connectivity index (χ1) is 11.2. The van der Waals surface area contributed by atoms with Crippen molar-refractivity contribution in [3.8, 4) is 0 Å². The summed E-state index contributed by atoms with van der Waals surface area (Å²) in [5.74, 6) is -1.17. The Bertz CT molecular complexity index is 496. The highest BCUT2D eigenvalue weighted by atomic mass is 16.4. The molecule has 0 spiro atoms. The zero-order valence-corrected chi connectivity index (χ0v) is 14.6. The van der Waals surface area contributed by atoms with Gasteiger partial charge in [0.2, 0.25) is 17.8 Å². The number of amides is 2. The molecule has 1 aliphatic rings. The maximum atomic E-state index is 12.5. The minimum absolute atomic E-state index is 0.127. The van der Waals surface area contributed by atoms with Crippen molar-refractivity contribution in [3.63, 3.8) is 0 Å². The Morgan fingerprint density at radius 3 is 2.29 bits per heavy atom. The van der Waals surface area contributed by atoms with Crippen molar-refractivity contribution < 1.29 is 19.5 Å². The molecule has 0 aromatic heterocycles. The number of rotatable bonds is 9. The summed E-state index contributed by atoms with van der Waals surface area (Å²) in [4.78, 5) is 39.7. The number of nitrogens with zero attached hydrogens (tertiary/aromatic N) is 1. The van der Waals surface area contributed by atoms with Crippen molar-refractivity contribution in [2.45, 2.75) is 58.9 Å². The quantitative estimate of drug-likeness (QED) is 0.360. The van der Waals surface area contributed by atoms with Gasteiger partial charge in [-0.15, -0.1) is 0 Å². The fourth-order valence-corrected chi connectivity index (χ4v) is 2.55. The molecule has 136 valence electrons. The number of aliphatic carboxylic acids is 1. The maximum Gasteiger partial charge on any atom is 0.320 e. The number of carbonyl (C=O) groups is 3. The lowest BCUT2D eigenvalue weighted by molar-refractivity contribution is -0.145. The molecule has 0 bridgehead atoms. The third-order valence-electron chi connectivity index (χ3n) is 4.35. The Morgan fingerprint density at radius 2 is 1.83 bits per heavy atom. The van der Waals surface area contributed by atoms with E-state index in [0.29, 0.717) is 25.2 Å². The molecule has 1 atom stereocenters. The van der Waals surface area contributed by atoms with Gasteiger partial charge in [0, 0.05) is 6.54 Å². The third-order valence-corrected chi connectivity index (χ3v) is 4.35. The molecule has 0 radical (unpaired) electrons. The highest BCUT2D eigenvalue weighted by Crippen LogP contribution is 2.32. The van der Waals surface area contributed by atoms with Gasteiger partial charge in [0.1, 0.15) is 11.5 Å². The van der Waals surface area contributed by atoms with Crippen molar-refractivity contribution in [2.75, 3.05) is 6.54 Å². The molecular formula is C16H28N4O4. The Balaban J connectivity index is 2.64. The van der Waals surface area contributed by atoms with Crippen LogP contribution in [0.5, 0.6) is 0 Å². The second kappa shape index (κ2) is 8.77. The highest BCUT2D eigenvalue weighted by molar-refractivity contribution is 6.20. The third kappa shape index (κ3) is 5.02. The van der Waals surface area contributed by atoms with Gasteiger partial charge >= 0.3 is 5.97 Å². The van der Waals surface area contributed by atoms with E-state index in [1.807, 2.05) is 6.92 Å². The van der Waals surface area contributed by atoms with E-state index in [9.17, 15) is 14.4 Å². The molecule has 0 saturated carbocycles. The molecule has 8 heteroatoms. The van der Waals surface area contributed by atoms with Crippen LogP contribution in [0.3, 0.4) is 0 Å². The summed E-state index contributed by atoms with van der Waals surface area (Å²) in [6.07, 6.45) is 2.45. The van der Waals surface area contributed by atoms with E-state index in [0.717, 1.165) is 6.42 Å². The minimum Gasteiger partial charge on any atom is -0.480 e. The maximum absolute atomic E-state index is 12.5. The zero-order valence-electron chi connectivity index (χ0n) is 14.6. The van der Waals surface area contributed by atoms with Crippen LogP contribution < -0.4 is 16.4 Å². The molecule has 8 nitrogen and oxygen atoms in total. The standard InChI is InChI=1S/C16H28N4O4/c1-4-16(8-7-10(2)3)13(23)19-15(20-14(16)24)18-9-5-6-11(17)12(21)22/h10-11H,4-9,17H2,1-3H3,(H,21,22)(H2,18,19,20,23,24)/t11-/m1/s1. The summed E-state index contributed by atoms with van der Waals surface area (Å²) in [6.45, 7) is 6.21. The fourth-order valence-electron chi connectivity index (χ4n) is 2.55. The SMILES string of the molecule is CCC1(CCC(C)C)C(=O)NC(=NCCC[C@@H](N)C(=O)O)NC1=O. The second-order valence-electron chi connectivity index (χ2n) is 6.59. The van der Waals surface area contributed by atoms with Crippen LogP contribution in [0.15, 0.2) is 4.99 Å². The predicted octanol–water partition coefficient (Wildman–Crippen LogP) is 0.613. The average Bonchev–Trinajstić information content (AvgIpc) is 2.51. The number of aliphatic imine (C=N–C) groups is 1. The van der Waals surface area contributed by atoms with Crippen molar-refractivity contribution in [1.82, 2.24) is 10.6 Å². The molecule has 5 N–H and O–H groups in total. The first-order valence-electron chi connectivity index (χ1n) is 8.38. The number of nitrogens with two attached hydrogens (primary N) is 1. The molecule has 1 saturated heterocycles. The molecule has 2 amide bonds. The van der Waals surface area contributed by atoms with Crippen LogP contribution in [0.2, 0.25) is 0 Å². The summed E-state index contributed by atoms with van der Waals surface area (Å²) in [6, 6.07) is -0.926. The minimum atomic E-state index is -1.06. The van der Waals surface area contributed by atoms with E-state index in [4.69, 9.17) is 10.8 Å². The summed E-state index contributed by atoms with van der Waals surface area (Å²) in [5.41, 5.74) is 4.36. The Labute approximate surface area is 142 Å². The van der Waals surface area contributed by atoms with Crippen LogP contribution in [0, 0.1) is 11.3 Å². The van der Waals surface area contributed by atoms with Crippen LogP contribution in [0.25, 0.3) is 0 Å². The van der Waals surface area contributed by atoms with Gasteiger partial charge in [-0.3, -0.25) is 30.0 Å². The lowest BCUT2D eigenvalue weighted by Crippen LogP contribution is -2.62. The Kier molecular flexibility index (Phi) is 7.34. The number of hydrogen-bond acceptors (Lipinski definition) is 5. The lowest BCUT2D eigenvalue weighted by Gasteiger charge is -2.35. The second-order valence-corrected chi connectivity index (χ2v) is 6.59. The summed E-state index contributed by atoms with van der Waals surface area (Å²) in [5, 5.41) is 14.0. The van der Waals surface area contributed by atoms with Gasteiger partial charge < -0.3 is 10.8 Å². The van der Waals surface area contributed by atoms with Crippen LogP contribution >= 0.6 is 0 Å². The van der Waals surface area contributed by atoms with E-state index in [2.05, 4.69) is 29.5 Å². The summed E-state index contributed by atoms with van der Waals surface area (Å²) < 4.78 is 0. The molecule has 24 heavy (non-hydrogen) atoms. The van der Waals surface area contributed by atoms with E-state index in [1.54, 1.807) is 0 Å². The normalized spacial score (nSPS) is 22.1. The molecule has 0 aromatic rings. The van der Waals surface area contributed by atoms with E-state index >= 15 is 0 Å². The number of hydrogen-bond donors (Lipinski definition) is 4. The zero-order chi connectivity index (χ0) is 18.3. The van der Waals surface area contributed by atoms with Crippen LogP contribution in [-0.2, 0) is 14.4 Å². The summed E-state index contributed by atoms with van der Waals surface area (Å²) in [7, 11) is 0. The smallest absolute Gasteiger partial charge is 0.320 e. The Hall–Kier alpha value is -1.96. The lowest BCUT2D eigenvalue weighted by atomic mass is 9.76. The first-order valence-corrected chi connectivity index (χ1v) is 8.38. The van der Waals surface area contributed by atoms with Crippen molar-refractivity contribution >= 4 is 23.7 Å². The molecule has 0 aromatic carbocycles. The van der Waals surface area contributed by atoms with Crippen molar-refractivity contribution in [1.29, 1.82) is 0 Å². The highest BCUT2D eigenvalue weighted by Gasteiger charge is 2.47. The average molecular weight is 340 g/mol. The molecule has 1 rings (SSSR count). The first kappa shape index (κ1) is 20.1. The van der Waals surface area contributed by atoms with Crippen LogP contribution in [0.4, 0.5) is 0 Å². The molecular weight excluding hydrogens is 312 g/mol. The van der Waals surface area contributed by atoms with Gasteiger partial charge in [0.25, 0.3) is 0 Å². The van der Waals surface area contributed by atoms with E-state index < -0.39 is 17.4 Å². The molecule has 1 heterocycles. The molecule has 0 unspecified atom stereocenters. The van der Waals surface area contributed by atoms with Gasteiger partial charge in [-0.1, -0.05) is 20.8 Å². The van der Waals surface area contributed by atoms with Crippen molar-refractivity contribution in [2.24, 2.45) is 22.1 Å². The number of guanidine groups is 1. The fraction of sp³-hybridized carbons (Fsp3) is 0.750. The van der Waals surface area contributed by atoms with Crippen LogP contribution in [0.1, 0.15) is 52.9 Å². The number of nitrogens with one attached hydrogen (secondary N) is 2. The van der Waals surface area contributed by atoms with E-state index in [-0.39, 0.29) is 30.7 Å². The van der Waals surface area contributed by atoms with E-state index in [1.165, 1.54) is 0 Å². The van der Waals surface area contributed by atoms with Gasteiger partial charge in [-0.2, -0.15) is 0 Å². The number of carbonyl (C=O) groups excluding carboxylic acids is 2. The monoisotopic (exact) mass is 340 g/mol. The van der Waals surface area contributed by atoms with Crippen molar-refractivity contribution in [3.05, 3.63) is 0 Å². The Morgan fingerprint density at radius 1 is 1.25 bits per heavy atom. The molecule has 1 aliphatic heterocycles. The van der Waals surface area contributed by atoms with Gasteiger partial charge in [-0.05, 0) is 38.0 Å². The molecule has 0 aliphatic carbocycles. The van der Waals surface area contributed by atoms with Gasteiger partial charge in [-0.25, -0.2) is 0 Å². The van der Waals surface area contributed by atoms with Gasteiger partial charge in [0.05, 0.1) is 0 Å². The number of carboxylic acid groups (broad SMARTS) is 1. The van der Waals surface area contributed by atoms with Crippen LogP contribution in [-0.4, -0.2) is 41.4 Å². The predicted molar refractivity (Wildman–Crippen MR) is 90.2 cm³/mol. The topological polar surface area (TPSA) is 134 Å². The number of carboxylic acids is 1. The molecule has 1 fully saturated rings. The van der Waals surface area contributed by atoms with Gasteiger partial charge in [0.15, 0.2) is 0 Å².